The smallest absolute Gasteiger partial charge is 0.328 e. The number of nitrogens with two attached hydrogens (primary N) is 1. The summed E-state index contributed by atoms with van der Waals surface area (Å²) in [6, 6.07) is -0.808. The maximum Gasteiger partial charge on any atom is 0.328 e. The Morgan fingerprint density at radius 3 is 2.25 bits per heavy atom. The maximum atomic E-state index is 11.6. The van der Waals surface area contributed by atoms with Crippen molar-refractivity contribution in [3.8, 4) is 0 Å². The van der Waals surface area contributed by atoms with Crippen LogP contribution in [0.2, 0.25) is 0 Å². The molecule has 0 aliphatic heterocycles. The lowest BCUT2D eigenvalue weighted by molar-refractivity contribution is -0.151. The summed E-state index contributed by atoms with van der Waals surface area (Å²) in [4.78, 5) is 33.6. The maximum absolute atomic E-state index is 11.6. The van der Waals surface area contributed by atoms with Crippen molar-refractivity contribution in [2.24, 2.45) is 5.73 Å². The molecule has 0 aromatic carbocycles. The molecule has 0 bridgehead atoms. The molecule has 1 atom stereocenters. The van der Waals surface area contributed by atoms with Crippen molar-refractivity contribution in [2.45, 2.75) is 91.7 Å². The summed E-state index contributed by atoms with van der Waals surface area (Å²) >= 11 is 0. The van der Waals surface area contributed by atoms with Crippen molar-refractivity contribution in [1.82, 2.24) is 10.6 Å². The van der Waals surface area contributed by atoms with Crippen LogP contribution in [0, 0.1) is 0 Å². The van der Waals surface area contributed by atoms with E-state index in [1.54, 1.807) is 19.4 Å². The molecular formula is C21H39N3O4. The van der Waals surface area contributed by atoms with Gasteiger partial charge in [-0.25, -0.2) is 4.79 Å². The van der Waals surface area contributed by atoms with Gasteiger partial charge in [0.15, 0.2) is 0 Å². The highest BCUT2D eigenvalue weighted by molar-refractivity contribution is 5.86. The molecule has 1 fully saturated rings. The van der Waals surface area contributed by atoms with E-state index in [0.717, 1.165) is 6.54 Å². The fourth-order valence-corrected chi connectivity index (χ4v) is 2.47. The number of hydrogen-bond donors (Lipinski definition) is 3. The lowest BCUT2D eigenvalue weighted by Crippen LogP contribution is -2.45. The molecular weight excluding hydrogens is 358 g/mol. The Hall–Kier alpha value is -1.89. The first-order chi connectivity index (χ1) is 13.2. The molecule has 4 N–H and O–H groups in total. The van der Waals surface area contributed by atoms with E-state index in [9.17, 15) is 14.4 Å². The van der Waals surface area contributed by atoms with E-state index in [2.05, 4.69) is 24.5 Å². The van der Waals surface area contributed by atoms with Crippen molar-refractivity contribution in [2.75, 3.05) is 13.1 Å². The average molecular weight is 398 g/mol. The molecule has 0 radical (unpaired) electrons. The second-order valence-electron chi connectivity index (χ2n) is 7.41. The molecule has 0 saturated heterocycles. The second-order valence-corrected chi connectivity index (χ2v) is 7.41. The molecule has 1 aliphatic carbocycles. The number of ketones is 1. The SMILES string of the molecule is CC(=O)CCC(NC(=O)CN)C(=O)OC(C)C.CCCCNC(C)=C1CCC1. The van der Waals surface area contributed by atoms with E-state index >= 15 is 0 Å². The van der Waals surface area contributed by atoms with Gasteiger partial charge in [-0.05, 0) is 59.8 Å². The zero-order chi connectivity index (χ0) is 21.5. The minimum atomic E-state index is -0.808. The molecule has 1 aliphatic rings. The van der Waals surface area contributed by atoms with E-state index < -0.39 is 17.9 Å². The molecule has 1 saturated carbocycles. The third kappa shape index (κ3) is 12.5. The zero-order valence-corrected chi connectivity index (χ0v) is 18.2. The van der Waals surface area contributed by atoms with Gasteiger partial charge in [0.05, 0.1) is 12.6 Å². The van der Waals surface area contributed by atoms with Crippen LogP contribution in [0.15, 0.2) is 11.3 Å². The first-order valence-corrected chi connectivity index (χ1v) is 10.3. The highest BCUT2D eigenvalue weighted by atomic mass is 16.5. The molecule has 0 heterocycles. The van der Waals surface area contributed by atoms with Gasteiger partial charge in [-0.2, -0.15) is 0 Å². The number of Topliss-reactive ketones (excluding diaryl/α,β-unsaturated/α-hetero) is 1. The molecule has 162 valence electrons. The number of carbonyl (C=O) groups excluding carboxylic acids is 3. The van der Waals surface area contributed by atoms with Gasteiger partial charge < -0.3 is 25.9 Å². The molecule has 1 unspecified atom stereocenters. The predicted octanol–water partition coefficient (Wildman–Crippen LogP) is 2.58. The summed E-state index contributed by atoms with van der Waals surface area (Å²) in [5, 5.41) is 5.90. The summed E-state index contributed by atoms with van der Waals surface area (Å²) in [5.74, 6) is -1.03. The largest absolute Gasteiger partial charge is 0.461 e. The van der Waals surface area contributed by atoms with Gasteiger partial charge in [0.1, 0.15) is 11.8 Å². The fraction of sp³-hybridized carbons (Fsp3) is 0.762. The Balaban J connectivity index is 0.000000567. The monoisotopic (exact) mass is 397 g/mol. The number of allylic oxidation sites excluding steroid dienone is 2. The lowest BCUT2D eigenvalue weighted by Gasteiger charge is -2.20. The van der Waals surface area contributed by atoms with Crippen molar-refractivity contribution < 1.29 is 19.1 Å². The Kier molecular flexibility index (Phi) is 14.1. The highest BCUT2D eigenvalue weighted by Crippen LogP contribution is 2.27. The van der Waals surface area contributed by atoms with E-state index in [1.165, 1.54) is 44.7 Å². The Morgan fingerprint density at radius 1 is 1.18 bits per heavy atom. The lowest BCUT2D eigenvalue weighted by atomic mass is 9.91. The van der Waals surface area contributed by atoms with Gasteiger partial charge in [-0.3, -0.25) is 4.79 Å². The van der Waals surface area contributed by atoms with Gasteiger partial charge in [-0.1, -0.05) is 18.9 Å². The Bertz CT molecular complexity index is 524. The summed E-state index contributed by atoms with van der Waals surface area (Å²) in [7, 11) is 0. The van der Waals surface area contributed by atoms with Crippen molar-refractivity contribution in [1.29, 1.82) is 0 Å². The van der Waals surface area contributed by atoms with Crippen LogP contribution >= 0.6 is 0 Å². The van der Waals surface area contributed by atoms with Crippen LogP contribution in [0.3, 0.4) is 0 Å². The molecule has 1 amide bonds. The quantitative estimate of drug-likeness (QED) is 0.365. The summed E-state index contributed by atoms with van der Waals surface area (Å²) < 4.78 is 4.98. The van der Waals surface area contributed by atoms with Crippen LogP contribution in [0.4, 0.5) is 0 Å². The van der Waals surface area contributed by atoms with E-state index in [0.29, 0.717) is 0 Å². The van der Waals surface area contributed by atoms with Gasteiger partial charge >= 0.3 is 5.97 Å². The molecule has 1 rings (SSSR count). The van der Waals surface area contributed by atoms with E-state index in [-0.39, 0.29) is 31.3 Å². The van der Waals surface area contributed by atoms with Gasteiger partial charge in [0.2, 0.25) is 5.91 Å². The number of rotatable bonds is 11. The van der Waals surface area contributed by atoms with Crippen molar-refractivity contribution >= 4 is 17.7 Å². The standard InChI is InChI=1S/C11H20N2O4.C10H19N/c1-7(2)17-11(16)9(5-4-8(3)14)13-10(15)6-12;1-3-4-8-11-9(2)10-6-5-7-10/h7,9H,4-6,12H2,1-3H3,(H,13,15);11H,3-8H2,1-2H3. The Morgan fingerprint density at radius 2 is 1.82 bits per heavy atom. The van der Waals surface area contributed by atoms with E-state index in [1.807, 2.05) is 0 Å². The minimum absolute atomic E-state index is 0.0469. The molecule has 7 heteroatoms. The second kappa shape index (κ2) is 15.1. The minimum Gasteiger partial charge on any atom is -0.461 e. The number of hydrogen-bond acceptors (Lipinski definition) is 6. The Labute approximate surface area is 169 Å². The van der Waals surface area contributed by atoms with Crippen LogP contribution in [-0.4, -0.2) is 42.9 Å². The summed E-state index contributed by atoms with van der Waals surface area (Å²) in [6.07, 6.45) is 6.84. The molecule has 0 aromatic rings. The topological polar surface area (TPSA) is 111 Å². The third-order valence-corrected chi connectivity index (χ3v) is 4.35. The highest BCUT2D eigenvalue weighted by Gasteiger charge is 2.22. The van der Waals surface area contributed by atoms with Crippen molar-refractivity contribution in [3.63, 3.8) is 0 Å². The van der Waals surface area contributed by atoms with Crippen LogP contribution in [0.25, 0.3) is 0 Å². The van der Waals surface area contributed by atoms with E-state index in [4.69, 9.17) is 10.5 Å². The average Bonchev–Trinajstić information content (AvgIpc) is 2.56. The molecule has 7 nitrogen and oxygen atoms in total. The van der Waals surface area contributed by atoms with Gasteiger partial charge in [-0.15, -0.1) is 0 Å². The normalized spacial score (nSPS) is 13.6. The number of nitrogens with one attached hydrogen (secondary N) is 2. The molecule has 28 heavy (non-hydrogen) atoms. The van der Waals surface area contributed by atoms with Gasteiger partial charge in [0, 0.05) is 18.7 Å². The first kappa shape index (κ1) is 26.1. The summed E-state index contributed by atoms with van der Waals surface area (Å²) in [5.41, 5.74) is 8.25. The van der Waals surface area contributed by atoms with Crippen LogP contribution < -0.4 is 16.4 Å². The number of carbonyl (C=O) groups is 3. The number of unbranched alkanes of at least 4 members (excludes halogenated alkanes) is 1. The first-order valence-electron chi connectivity index (χ1n) is 10.3. The third-order valence-electron chi connectivity index (χ3n) is 4.35. The predicted molar refractivity (Wildman–Crippen MR) is 112 cm³/mol. The van der Waals surface area contributed by atoms with Crippen molar-refractivity contribution in [3.05, 3.63) is 11.3 Å². The number of esters is 1. The zero-order valence-electron chi connectivity index (χ0n) is 18.2. The fourth-order valence-electron chi connectivity index (χ4n) is 2.47. The summed E-state index contributed by atoms with van der Waals surface area (Å²) in [6.45, 7) is 10.2. The van der Waals surface area contributed by atoms with Crippen LogP contribution in [0.1, 0.15) is 79.6 Å². The van der Waals surface area contributed by atoms with Gasteiger partial charge in [0.25, 0.3) is 0 Å². The van der Waals surface area contributed by atoms with Crippen LogP contribution in [0.5, 0.6) is 0 Å². The molecule has 0 spiro atoms. The molecule has 0 aromatic heterocycles. The number of amides is 1. The van der Waals surface area contributed by atoms with Crippen LogP contribution in [-0.2, 0) is 19.1 Å². The number of ether oxygens (including phenoxy) is 1.